The van der Waals surface area contributed by atoms with E-state index in [2.05, 4.69) is 29.9 Å². The summed E-state index contributed by atoms with van der Waals surface area (Å²) < 4.78 is 37.4. The molecule has 0 saturated carbocycles. The molecule has 0 amide bonds. The molecular weight excluding hydrogens is 404 g/mol. The molecule has 3 aromatic rings. The Bertz CT molecular complexity index is 1040. The molecule has 0 saturated heterocycles. The fourth-order valence-corrected chi connectivity index (χ4v) is 3.29. The predicted octanol–water partition coefficient (Wildman–Crippen LogP) is 3.71. The van der Waals surface area contributed by atoms with E-state index in [0.29, 0.717) is 36.9 Å². The van der Waals surface area contributed by atoms with E-state index >= 15 is 0 Å². The Balaban J connectivity index is 1.70. The highest BCUT2D eigenvalue weighted by atomic mass is 19.3. The summed E-state index contributed by atoms with van der Waals surface area (Å²) in [4.78, 5) is 9.09. The van der Waals surface area contributed by atoms with Crippen LogP contribution >= 0.6 is 0 Å². The molecule has 2 aromatic carbocycles. The number of para-hydroxylation sites is 2. The molecule has 0 fully saturated rings. The van der Waals surface area contributed by atoms with E-state index in [-0.39, 0.29) is 12.3 Å². The fourth-order valence-electron chi connectivity index (χ4n) is 3.29. The van der Waals surface area contributed by atoms with Gasteiger partial charge in [0.1, 0.15) is 17.3 Å². The van der Waals surface area contributed by atoms with Crippen molar-refractivity contribution in [2.75, 3.05) is 20.2 Å². The second-order valence-corrected chi connectivity index (χ2v) is 6.77. The molecule has 166 valence electrons. The lowest BCUT2D eigenvalue weighted by Crippen LogP contribution is -2.38. The SMILES string of the molecule is CCNC(=NCc1cc(OC)ccc1OC(F)F)NCCn1c(C)nc2ccccc21. The van der Waals surface area contributed by atoms with Gasteiger partial charge in [0.2, 0.25) is 0 Å². The molecule has 0 unspecified atom stereocenters. The maximum absolute atomic E-state index is 12.7. The molecule has 31 heavy (non-hydrogen) atoms. The third-order valence-corrected chi connectivity index (χ3v) is 4.71. The van der Waals surface area contributed by atoms with E-state index in [1.54, 1.807) is 12.1 Å². The van der Waals surface area contributed by atoms with Gasteiger partial charge in [0.25, 0.3) is 0 Å². The topological polar surface area (TPSA) is 72.7 Å². The lowest BCUT2D eigenvalue weighted by atomic mass is 10.2. The highest BCUT2D eigenvalue weighted by Crippen LogP contribution is 2.26. The molecule has 0 aliphatic rings. The molecule has 0 aliphatic heterocycles. The Morgan fingerprint density at radius 1 is 1.19 bits per heavy atom. The van der Waals surface area contributed by atoms with Gasteiger partial charge in [0, 0.05) is 25.2 Å². The Morgan fingerprint density at radius 2 is 2.00 bits per heavy atom. The summed E-state index contributed by atoms with van der Waals surface area (Å²) >= 11 is 0. The number of aryl methyl sites for hydroxylation is 1. The first-order chi connectivity index (χ1) is 15.0. The molecule has 7 nitrogen and oxygen atoms in total. The van der Waals surface area contributed by atoms with Gasteiger partial charge in [-0.2, -0.15) is 8.78 Å². The van der Waals surface area contributed by atoms with Crippen molar-refractivity contribution in [1.82, 2.24) is 20.2 Å². The lowest BCUT2D eigenvalue weighted by Gasteiger charge is -2.14. The minimum Gasteiger partial charge on any atom is -0.497 e. The number of fused-ring (bicyclic) bond motifs is 1. The summed E-state index contributed by atoms with van der Waals surface area (Å²) in [5.74, 6) is 2.15. The summed E-state index contributed by atoms with van der Waals surface area (Å²) in [7, 11) is 1.52. The van der Waals surface area contributed by atoms with Gasteiger partial charge in [0.05, 0.1) is 24.7 Å². The zero-order chi connectivity index (χ0) is 22.2. The van der Waals surface area contributed by atoms with E-state index in [9.17, 15) is 8.78 Å². The van der Waals surface area contributed by atoms with Crippen LogP contribution in [-0.4, -0.2) is 42.3 Å². The Kier molecular flexibility index (Phi) is 7.64. The number of hydrogen-bond donors (Lipinski definition) is 2. The average molecular weight is 431 g/mol. The lowest BCUT2D eigenvalue weighted by molar-refractivity contribution is -0.0504. The highest BCUT2D eigenvalue weighted by molar-refractivity contribution is 5.80. The van der Waals surface area contributed by atoms with Crippen LogP contribution in [-0.2, 0) is 13.1 Å². The minimum absolute atomic E-state index is 0.0795. The number of methoxy groups -OCH3 is 1. The first kappa shape index (κ1) is 22.3. The number of halogens is 2. The van der Waals surface area contributed by atoms with Crippen LogP contribution < -0.4 is 20.1 Å². The zero-order valence-electron chi connectivity index (χ0n) is 17.9. The number of nitrogens with one attached hydrogen (secondary N) is 2. The van der Waals surface area contributed by atoms with Gasteiger partial charge in [0.15, 0.2) is 5.96 Å². The summed E-state index contributed by atoms with van der Waals surface area (Å²) in [6, 6.07) is 12.7. The van der Waals surface area contributed by atoms with Crippen molar-refractivity contribution in [3.8, 4) is 11.5 Å². The van der Waals surface area contributed by atoms with Crippen molar-refractivity contribution < 1.29 is 18.3 Å². The molecule has 0 atom stereocenters. The van der Waals surface area contributed by atoms with Crippen LogP contribution in [0.4, 0.5) is 8.78 Å². The number of aromatic nitrogens is 2. The average Bonchev–Trinajstić information content (AvgIpc) is 3.07. The smallest absolute Gasteiger partial charge is 0.387 e. The van der Waals surface area contributed by atoms with Crippen LogP contribution in [0.2, 0.25) is 0 Å². The number of nitrogens with zero attached hydrogens (tertiary/aromatic N) is 3. The molecule has 0 aliphatic carbocycles. The van der Waals surface area contributed by atoms with Crippen LogP contribution in [0.3, 0.4) is 0 Å². The largest absolute Gasteiger partial charge is 0.497 e. The molecule has 3 rings (SSSR count). The van der Waals surface area contributed by atoms with Gasteiger partial charge < -0.3 is 24.7 Å². The van der Waals surface area contributed by atoms with E-state index in [1.807, 2.05) is 38.1 Å². The van der Waals surface area contributed by atoms with Crippen LogP contribution in [0.15, 0.2) is 47.5 Å². The van der Waals surface area contributed by atoms with E-state index in [1.165, 1.54) is 13.2 Å². The standard InChI is InChI=1S/C22H27F2N5O2/c1-4-25-22(26-11-12-29-15(2)28-18-7-5-6-8-19(18)29)27-14-16-13-17(30-3)9-10-20(16)31-21(23)24/h5-10,13,21H,4,11-12,14H2,1-3H3,(H2,25,26,27). The van der Waals surface area contributed by atoms with Crippen molar-refractivity contribution in [1.29, 1.82) is 0 Å². The van der Waals surface area contributed by atoms with Gasteiger partial charge in [-0.1, -0.05) is 12.1 Å². The van der Waals surface area contributed by atoms with Gasteiger partial charge in [-0.15, -0.1) is 0 Å². The summed E-state index contributed by atoms with van der Waals surface area (Å²) in [5.41, 5.74) is 2.55. The first-order valence-corrected chi connectivity index (χ1v) is 10.1. The summed E-state index contributed by atoms with van der Waals surface area (Å²) in [6.07, 6.45) is 0. The highest BCUT2D eigenvalue weighted by Gasteiger charge is 2.11. The molecule has 0 spiro atoms. The number of ether oxygens (including phenoxy) is 2. The van der Waals surface area contributed by atoms with Crippen LogP contribution in [0.5, 0.6) is 11.5 Å². The van der Waals surface area contributed by atoms with Gasteiger partial charge in [-0.3, -0.25) is 0 Å². The summed E-state index contributed by atoms with van der Waals surface area (Å²) in [6.45, 7) is 3.17. The number of hydrogen-bond acceptors (Lipinski definition) is 4. The quantitative estimate of drug-likeness (QED) is 0.399. The molecule has 1 heterocycles. The van der Waals surface area contributed by atoms with E-state index in [4.69, 9.17) is 4.74 Å². The van der Waals surface area contributed by atoms with Crippen molar-refractivity contribution in [2.24, 2.45) is 4.99 Å². The van der Waals surface area contributed by atoms with Gasteiger partial charge >= 0.3 is 6.61 Å². The Labute approximate surface area is 180 Å². The second-order valence-electron chi connectivity index (χ2n) is 6.77. The van der Waals surface area contributed by atoms with Crippen molar-refractivity contribution in [3.63, 3.8) is 0 Å². The van der Waals surface area contributed by atoms with Crippen LogP contribution in [0, 0.1) is 6.92 Å². The Morgan fingerprint density at radius 3 is 2.74 bits per heavy atom. The monoisotopic (exact) mass is 431 g/mol. The number of imidazole rings is 1. The molecule has 1 aromatic heterocycles. The van der Waals surface area contributed by atoms with Crippen LogP contribution in [0.1, 0.15) is 18.3 Å². The number of aliphatic imine (C=N–C) groups is 1. The second kappa shape index (κ2) is 10.6. The van der Waals surface area contributed by atoms with Gasteiger partial charge in [-0.25, -0.2) is 9.98 Å². The van der Waals surface area contributed by atoms with E-state index in [0.717, 1.165) is 16.9 Å². The fraction of sp³-hybridized carbons (Fsp3) is 0.364. The zero-order valence-corrected chi connectivity index (χ0v) is 17.9. The predicted molar refractivity (Wildman–Crippen MR) is 117 cm³/mol. The minimum atomic E-state index is -2.91. The molecule has 0 radical (unpaired) electrons. The molecule has 2 N–H and O–H groups in total. The third kappa shape index (κ3) is 5.84. The number of guanidine groups is 1. The maximum atomic E-state index is 12.7. The first-order valence-electron chi connectivity index (χ1n) is 10.1. The van der Waals surface area contributed by atoms with Crippen LogP contribution in [0.25, 0.3) is 11.0 Å². The van der Waals surface area contributed by atoms with E-state index < -0.39 is 6.61 Å². The van der Waals surface area contributed by atoms with Crippen molar-refractivity contribution in [3.05, 3.63) is 53.9 Å². The molecule has 9 heteroatoms. The number of benzene rings is 2. The molecule has 0 bridgehead atoms. The summed E-state index contributed by atoms with van der Waals surface area (Å²) in [5, 5.41) is 6.45. The number of alkyl halides is 2. The van der Waals surface area contributed by atoms with Crippen molar-refractivity contribution in [2.45, 2.75) is 33.5 Å². The maximum Gasteiger partial charge on any atom is 0.387 e. The van der Waals surface area contributed by atoms with Crippen molar-refractivity contribution >= 4 is 17.0 Å². The molecular formula is C22H27F2N5O2. The normalized spacial score (nSPS) is 11.7. The third-order valence-electron chi connectivity index (χ3n) is 4.71. The Hall–Kier alpha value is -3.36. The van der Waals surface area contributed by atoms with Gasteiger partial charge in [-0.05, 0) is 44.2 Å². The number of rotatable bonds is 9.